The lowest BCUT2D eigenvalue weighted by atomic mass is 10.2. The molecule has 0 bridgehead atoms. The number of aryl methyl sites for hydroxylation is 1. The smallest absolute Gasteiger partial charge is 0.251 e. The third-order valence-corrected chi connectivity index (χ3v) is 4.65. The molecule has 25 heavy (non-hydrogen) atoms. The van der Waals surface area contributed by atoms with Gasteiger partial charge in [0.05, 0.1) is 0 Å². The molecule has 2 aliphatic rings. The van der Waals surface area contributed by atoms with E-state index in [1.54, 1.807) is 13.1 Å². The third-order valence-electron chi connectivity index (χ3n) is 4.65. The number of hydrogen-bond acceptors (Lipinski definition) is 7. The Hall–Kier alpha value is -2.48. The minimum Gasteiger partial charge on any atom is -0.368 e. The molecule has 1 atom stereocenters. The van der Waals surface area contributed by atoms with Gasteiger partial charge < -0.3 is 19.1 Å². The summed E-state index contributed by atoms with van der Waals surface area (Å²) in [4.78, 5) is 25.2. The van der Waals surface area contributed by atoms with E-state index in [0.717, 1.165) is 37.3 Å². The predicted molar refractivity (Wildman–Crippen MR) is 90.0 cm³/mol. The van der Waals surface area contributed by atoms with Crippen LogP contribution in [0, 0.1) is 6.92 Å². The molecule has 2 saturated heterocycles. The number of piperazine rings is 1. The molecule has 0 unspecified atom stereocenters. The van der Waals surface area contributed by atoms with E-state index in [2.05, 4.69) is 20.0 Å². The minimum absolute atomic E-state index is 0.132. The summed E-state index contributed by atoms with van der Waals surface area (Å²) in [7, 11) is 0. The lowest BCUT2D eigenvalue weighted by Gasteiger charge is -2.36. The molecule has 0 radical (unpaired) electrons. The maximum absolute atomic E-state index is 12.4. The molecular formula is C17H21N5O3. The molecule has 0 spiro atoms. The number of pyridine rings is 1. The van der Waals surface area contributed by atoms with Crippen molar-refractivity contribution in [3.63, 3.8) is 0 Å². The fourth-order valence-corrected chi connectivity index (χ4v) is 3.25. The fourth-order valence-electron chi connectivity index (χ4n) is 3.25. The fraction of sp³-hybridized carbons (Fsp3) is 0.529. The van der Waals surface area contributed by atoms with Gasteiger partial charge in [-0.2, -0.15) is 4.98 Å². The van der Waals surface area contributed by atoms with Crippen molar-refractivity contribution >= 4 is 11.7 Å². The molecule has 2 fully saturated rings. The van der Waals surface area contributed by atoms with E-state index >= 15 is 0 Å². The van der Waals surface area contributed by atoms with Crippen LogP contribution in [-0.4, -0.2) is 64.8 Å². The van der Waals surface area contributed by atoms with E-state index in [1.807, 2.05) is 17.0 Å². The number of aromatic nitrogens is 3. The number of carbonyl (C=O) groups is 1. The van der Waals surface area contributed by atoms with Crippen molar-refractivity contribution in [2.75, 3.05) is 37.7 Å². The van der Waals surface area contributed by atoms with Crippen molar-refractivity contribution in [3.8, 4) is 11.4 Å². The van der Waals surface area contributed by atoms with Crippen LogP contribution < -0.4 is 4.90 Å². The van der Waals surface area contributed by atoms with E-state index in [0.29, 0.717) is 31.4 Å². The first-order valence-corrected chi connectivity index (χ1v) is 8.63. The van der Waals surface area contributed by atoms with E-state index in [1.165, 1.54) is 0 Å². The zero-order valence-corrected chi connectivity index (χ0v) is 14.2. The van der Waals surface area contributed by atoms with Crippen LogP contribution in [-0.2, 0) is 9.53 Å². The van der Waals surface area contributed by atoms with Gasteiger partial charge in [0, 0.05) is 51.5 Å². The molecule has 0 aliphatic carbocycles. The average molecular weight is 343 g/mol. The van der Waals surface area contributed by atoms with Gasteiger partial charge in [-0.15, -0.1) is 0 Å². The van der Waals surface area contributed by atoms with E-state index in [9.17, 15) is 4.79 Å². The number of rotatable bonds is 3. The molecular weight excluding hydrogens is 322 g/mol. The van der Waals surface area contributed by atoms with Gasteiger partial charge in [-0.3, -0.25) is 4.79 Å². The van der Waals surface area contributed by atoms with Gasteiger partial charge in [0.15, 0.2) is 0 Å². The number of anilines is 1. The normalized spacial score (nSPS) is 20.9. The third kappa shape index (κ3) is 3.34. The van der Waals surface area contributed by atoms with E-state index < -0.39 is 0 Å². The monoisotopic (exact) mass is 343 g/mol. The zero-order valence-electron chi connectivity index (χ0n) is 14.2. The Labute approximate surface area is 145 Å². The Morgan fingerprint density at radius 2 is 2.08 bits per heavy atom. The Balaban J connectivity index is 1.36. The maximum atomic E-state index is 12.4. The van der Waals surface area contributed by atoms with Crippen LogP contribution in [0.3, 0.4) is 0 Å². The summed E-state index contributed by atoms with van der Waals surface area (Å²) in [6, 6.07) is 3.90. The number of nitrogens with zero attached hydrogens (tertiary/aromatic N) is 5. The van der Waals surface area contributed by atoms with Gasteiger partial charge in [-0.05, 0) is 25.0 Å². The summed E-state index contributed by atoms with van der Waals surface area (Å²) in [5, 5.41) is 3.90. The first kappa shape index (κ1) is 16.0. The summed E-state index contributed by atoms with van der Waals surface area (Å²) in [5.74, 6) is 2.11. The second-order valence-corrected chi connectivity index (χ2v) is 6.36. The van der Waals surface area contributed by atoms with Gasteiger partial charge in [-0.1, -0.05) is 5.16 Å². The maximum Gasteiger partial charge on any atom is 0.251 e. The topological polar surface area (TPSA) is 84.6 Å². The number of hydrogen-bond donors (Lipinski definition) is 0. The summed E-state index contributed by atoms with van der Waals surface area (Å²) in [5.41, 5.74) is 0.827. The number of amides is 1. The summed E-state index contributed by atoms with van der Waals surface area (Å²) < 4.78 is 10.5. The van der Waals surface area contributed by atoms with Crippen LogP contribution in [0.5, 0.6) is 0 Å². The number of ether oxygens (including phenoxy) is 1. The standard InChI is InChI=1S/C17H21N5O3/c1-12-19-16(20-25-12)13-4-5-15(18-11-13)21-6-8-22(9-7-21)17(23)14-3-2-10-24-14/h4-5,11,14H,2-3,6-10H2,1H3/t14-/m0/s1. The van der Waals surface area contributed by atoms with Crippen molar-refractivity contribution in [2.45, 2.75) is 25.9 Å². The molecule has 8 heteroatoms. The molecule has 1 amide bonds. The molecule has 132 valence electrons. The predicted octanol–water partition coefficient (Wildman–Crippen LogP) is 1.27. The molecule has 8 nitrogen and oxygen atoms in total. The van der Waals surface area contributed by atoms with Crippen LogP contribution in [0.15, 0.2) is 22.9 Å². The first-order valence-electron chi connectivity index (χ1n) is 8.63. The van der Waals surface area contributed by atoms with Crippen molar-refractivity contribution in [1.82, 2.24) is 20.0 Å². The zero-order chi connectivity index (χ0) is 17.2. The van der Waals surface area contributed by atoms with Crippen LogP contribution in [0.2, 0.25) is 0 Å². The minimum atomic E-state index is -0.234. The average Bonchev–Trinajstić information content (AvgIpc) is 3.33. The molecule has 0 saturated carbocycles. The van der Waals surface area contributed by atoms with Crippen LogP contribution in [0.25, 0.3) is 11.4 Å². The highest BCUT2D eigenvalue weighted by Crippen LogP contribution is 2.21. The van der Waals surface area contributed by atoms with Crippen LogP contribution >= 0.6 is 0 Å². The van der Waals surface area contributed by atoms with E-state index in [-0.39, 0.29) is 12.0 Å². The van der Waals surface area contributed by atoms with Gasteiger partial charge in [0.25, 0.3) is 5.91 Å². The first-order chi connectivity index (χ1) is 12.2. The highest BCUT2D eigenvalue weighted by Gasteiger charge is 2.30. The van der Waals surface area contributed by atoms with Crippen molar-refractivity contribution in [1.29, 1.82) is 0 Å². The second kappa shape index (κ2) is 6.79. The van der Waals surface area contributed by atoms with Crippen molar-refractivity contribution in [2.24, 2.45) is 0 Å². The molecule has 2 aromatic heterocycles. The SMILES string of the molecule is Cc1nc(-c2ccc(N3CCN(C(=O)[C@@H]4CCCO4)CC3)nc2)no1. The highest BCUT2D eigenvalue weighted by atomic mass is 16.5. The Morgan fingerprint density at radius 3 is 2.68 bits per heavy atom. The van der Waals surface area contributed by atoms with Gasteiger partial charge in [-0.25, -0.2) is 4.98 Å². The van der Waals surface area contributed by atoms with Gasteiger partial charge >= 0.3 is 0 Å². The van der Waals surface area contributed by atoms with Gasteiger partial charge in [0.2, 0.25) is 11.7 Å². The Morgan fingerprint density at radius 1 is 1.24 bits per heavy atom. The van der Waals surface area contributed by atoms with E-state index in [4.69, 9.17) is 9.26 Å². The quantitative estimate of drug-likeness (QED) is 0.829. The summed E-state index contributed by atoms with van der Waals surface area (Å²) >= 11 is 0. The molecule has 2 aromatic rings. The molecule has 4 heterocycles. The lowest BCUT2D eigenvalue weighted by molar-refractivity contribution is -0.141. The second-order valence-electron chi connectivity index (χ2n) is 6.36. The van der Waals surface area contributed by atoms with Crippen LogP contribution in [0.4, 0.5) is 5.82 Å². The highest BCUT2D eigenvalue weighted by molar-refractivity contribution is 5.81. The molecule has 0 aromatic carbocycles. The van der Waals surface area contributed by atoms with Crippen molar-refractivity contribution in [3.05, 3.63) is 24.2 Å². The summed E-state index contributed by atoms with van der Waals surface area (Å²) in [6.07, 6.45) is 3.34. The van der Waals surface area contributed by atoms with Crippen LogP contribution in [0.1, 0.15) is 18.7 Å². The Bertz CT molecular complexity index is 731. The Kier molecular flexibility index (Phi) is 4.35. The number of carbonyl (C=O) groups excluding carboxylic acids is 1. The lowest BCUT2D eigenvalue weighted by Crippen LogP contribution is -2.51. The summed E-state index contributed by atoms with van der Waals surface area (Å²) in [6.45, 7) is 5.40. The molecule has 2 aliphatic heterocycles. The largest absolute Gasteiger partial charge is 0.368 e. The molecule has 4 rings (SSSR count). The van der Waals surface area contributed by atoms with Gasteiger partial charge in [0.1, 0.15) is 11.9 Å². The van der Waals surface area contributed by atoms with Crippen molar-refractivity contribution < 1.29 is 14.1 Å². The molecule has 0 N–H and O–H groups in total.